The second-order valence-electron chi connectivity index (χ2n) is 4.19. The SMILES string of the molecule is CC(NC(=O)c1ccc(C#CCCO)s1)c1ccsc1. The van der Waals surface area contributed by atoms with Crippen molar-refractivity contribution in [1.82, 2.24) is 5.32 Å². The van der Waals surface area contributed by atoms with Crippen molar-refractivity contribution >= 4 is 28.6 Å². The first-order valence-corrected chi connectivity index (χ1v) is 7.99. The molecule has 0 saturated heterocycles. The summed E-state index contributed by atoms with van der Waals surface area (Å²) in [5, 5.41) is 15.7. The van der Waals surface area contributed by atoms with Crippen molar-refractivity contribution in [3.05, 3.63) is 44.3 Å². The zero-order valence-electron chi connectivity index (χ0n) is 11.1. The van der Waals surface area contributed by atoms with E-state index in [9.17, 15) is 4.79 Å². The molecule has 3 nitrogen and oxygen atoms in total. The van der Waals surface area contributed by atoms with Gasteiger partial charge in [-0.3, -0.25) is 4.79 Å². The van der Waals surface area contributed by atoms with E-state index in [1.807, 2.05) is 29.8 Å². The van der Waals surface area contributed by atoms with Crippen LogP contribution in [0.2, 0.25) is 0 Å². The summed E-state index contributed by atoms with van der Waals surface area (Å²) in [7, 11) is 0. The van der Waals surface area contributed by atoms with Gasteiger partial charge in [0.2, 0.25) is 0 Å². The molecular weight excluding hydrogens is 290 g/mol. The van der Waals surface area contributed by atoms with E-state index in [0.29, 0.717) is 11.3 Å². The molecule has 2 aromatic heterocycles. The summed E-state index contributed by atoms with van der Waals surface area (Å²) < 4.78 is 0. The van der Waals surface area contributed by atoms with Gasteiger partial charge in [0.05, 0.1) is 22.4 Å². The Kier molecular flexibility index (Phi) is 5.36. The van der Waals surface area contributed by atoms with Gasteiger partial charge in [0, 0.05) is 6.42 Å². The number of rotatable bonds is 4. The Hall–Kier alpha value is -1.61. The lowest BCUT2D eigenvalue weighted by Gasteiger charge is -2.11. The van der Waals surface area contributed by atoms with Crippen LogP contribution in [0.15, 0.2) is 29.0 Å². The molecule has 0 aliphatic carbocycles. The lowest BCUT2D eigenvalue weighted by Crippen LogP contribution is -2.25. The Morgan fingerprint density at radius 2 is 2.30 bits per heavy atom. The topological polar surface area (TPSA) is 49.3 Å². The van der Waals surface area contributed by atoms with E-state index in [1.54, 1.807) is 17.4 Å². The largest absolute Gasteiger partial charge is 0.395 e. The van der Waals surface area contributed by atoms with Crippen molar-refractivity contribution in [3.8, 4) is 11.8 Å². The molecule has 2 N–H and O–H groups in total. The molecule has 0 aromatic carbocycles. The van der Waals surface area contributed by atoms with Crippen molar-refractivity contribution in [3.63, 3.8) is 0 Å². The predicted molar refractivity (Wildman–Crippen MR) is 83.1 cm³/mol. The first-order valence-electron chi connectivity index (χ1n) is 6.23. The van der Waals surface area contributed by atoms with E-state index in [4.69, 9.17) is 5.11 Å². The van der Waals surface area contributed by atoms with Crippen LogP contribution >= 0.6 is 22.7 Å². The molecule has 0 bridgehead atoms. The number of hydrogen-bond donors (Lipinski definition) is 2. The maximum atomic E-state index is 12.1. The first-order chi connectivity index (χ1) is 9.70. The van der Waals surface area contributed by atoms with Crippen LogP contribution in [0.5, 0.6) is 0 Å². The Morgan fingerprint density at radius 3 is 3.00 bits per heavy atom. The van der Waals surface area contributed by atoms with Gasteiger partial charge < -0.3 is 10.4 Å². The van der Waals surface area contributed by atoms with E-state index >= 15 is 0 Å². The highest BCUT2D eigenvalue weighted by Gasteiger charge is 2.13. The van der Waals surface area contributed by atoms with Gasteiger partial charge in [-0.25, -0.2) is 0 Å². The quantitative estimate of drug-likeness (QED) is 0.853. The van der Waals surface area contributed by atoms with E-state index in [1.165, 1.54) is 11.3 Å². The summed E-state index contributed by atoms with van der Waals surface area (Å²) in [5.41, 5.74) is 1.11. The average Bonchev–Trinajstić information content (AvgIpc) is 3.10. The molecule has 2 aromatic rings. The fraction of sp³-hybridized carbons (Fsp3) is 0.267. The van der Waals surface area contributed by atoms with Crippen molar-refractivity contribution in [2.75, 3.05) is 6.61 Å². The van der Waals surface area contributed by atoms with Gasteiger partial charge in [0.1, 0.15) is 0 Å². The Balaban J connectivity index is 1.98. The number of thiophene rings is 2. The average molecular weight is 305 g/mol. The van der Waals surface area contributed by atoms with E-state index in [2.05, 4.69) is 17.2 Å². The Labute approximate surface area is 126 Å². The predicted octanol–water partition coefficient (Wildman–Crippen LogP) is 3.03. The van der Waals surface area contributed by atoms with Gasteiger partial charge >= 0.3 is 0 Å². The summed E-state index contributed by atoms with van der Waals surface area (Å²) >= 11 is 2.98. The summed E-state index contributed by atoms with van der Waals surface area (Å²) in [6.45, 7) is 2.03. The monoisotopic (exact) mass is 305 g/mol. The minimum absolute atomic E-state index is 0.000210. The zero-order valence-corrected chi connectivity index (χ0v) is 12.7. The summed E-state index contributed by atoms with van der Waals surface area (Å²) in [5.74, 6) is 5.70. The second kappa shape index (κ2) is 7.25. The van der Waals surface area contributed by atoms with Crippen molar-refractivity contribution in [2.45, 2.75) is 19.4 Å². The van der Waals surface area contributed by atoms with Gasteiger partial charge in [-0.15, -0.1) is 11.3 Å². The molecule has 0 fully saturated rings. The standard InChI is InChI=1S/C15H15NO2S2/c1-11(12-7-9-19-10-12)16-15(18)14-6-5-13(20-14)4-2-3-8-17/h5-7,9-11,17H,3,8H2,1H3,(H,16,18). The first kappa shape index (κ1) is 14.8. The summed E-state index contributed by atoms with van der Waals surface area (Å²) in [4.78, 5) is 13.6. The number of aliphatic hydroxyl groups excluding tert-OH is 1. The third-order valence-corrected chi connectivity index (χ3v) is 4.37. The number of amides is 1. The molecule has 0 spiro atoms. The highest BCUT2D eigenvalue weighted by atomic mass is 32.1. The number of hydrogen-bond acceptors (Lipinski definition) is 4. The van der Waals surface area contributed by atoms with Crippen LogP contribution in [-0.2, 0) is 0 Å². The minimum Gasteiger partial charge on any atom is -0.395 e. The van der Waals surface area contributed by atoms with Crippen LogP contribution in [0, 0.1) is 11.8 Å². The smallest absolute Gasteiger partial charge is 0.261 e. The second-order valence-corrected chi connectivity index (χ2v) is 6.05. The molecule has 5 heteroatoms. The van der Waals surface area contributed by atoms with Crippen LogP contribution in [0.4, 0.5) is 0 Å². The van der Waals surface area contributed by atoms with Crippen molar-refractivity contribution in [1.29, 1.82) is 0 Å². The number of carbonyl (C=O) groups is 1. The summed E-state index contributed by atoms with van der Waals surface area (Å²) in [6.07, 6.45) is 0.453. The maximum absolute atomic E-state index is 12.1. The molecule has 0 aliphatic rings. The number of carbonyl (C=O) groups excluding carboxylic acids is 1. The normalized spacial score (nSPS) is 11.5. The fourth-order valence-electron chi connectivity index (χ4n) is 1.61. The van der Waals surface area contributed by atoms with E-state index in [0.717, 1.165) is 10.4 Å². The maximum Gasteiger partial charge on any atom is 0.261 e. The lowest BCUT2D eigenvalue weighted by atomic mass is 10.2. The van der Waals surface area contributed by atoms with Crippen LogP contribution in [0.3, 0.4) is 0 Å². The van der Waals surface area contributed by atoms with Gasteiger partial charge in [-0.1, -0.05) is 11.8 Å². The van der Waals surface area contributed by atoms with Gasteiger partial charge in [-0.05, 0) is 41.4 Å². The van der Waals surface area contributed by atoms with Crippen LogP contribution in [-0.4, -0.2) is 17.6 Å². The third kappa shape index (κ3) is 3.94. The Morgan fingerprint density at radius 1 is 1.45 bits per heavy atom. The molecule has 104 valence electrons. The molecule has 0 aliphatic heterocycles. The van der Waals surface area contributed by atoms with Crippen molar-refractivity contribution in [2.24, 2.45) is 0 Å². The molecule has 1 atom stereocenters. The molecule has 2 heterocycles. The molecule has 0 radical (unpaired) electrons. The highest BCUT2D eigenvalue weighted by Crippen LogP contribution is 2.19. The number of nitrogens with one attached hydrogen (secondary N) is 1. The molecule has 2 rings (SSSR count). The van der Waals surface area contributed by atoms with Gasteiger partial charge in [0.15, 0.2) is 0 Å². The zero-order chi connectivity index (χ0) is 14.4. The molecular formula is C15H15NO2S2. The number of aliphatic hydroxyl groups is 1. The van der Waals surface area contributed by atoms with E-state index in [-0.39, 0.29) is 18.6 Å². The minimum atomic E-state index is -0.0797. The van der Waals surface area contributed by atoms with Gasteiger partial charge in [0.25, 0.3) is 5.91 Å². The molecule has 20 heavy (non-hydrogen) atoms. The fourth-order valence-corrected chi connectivity index (χ4v) is 3.14. The van der Waals surface area contributed by atoms with Crippen LogP contribution in [0.25, 0.3) is 0 Å². The van der Waals surface area contributed by atoms with Crippen molar-refractivity contribution < 1.29 is 9.90 Å². The van der Waals surface area contributed by atoms with Gasteiger partial charge in [-0.2, -0.15) is 11.3 Å². The van der Waals surface area contributed by atoms with Crippen LogP contribution < -0.4 is 5.32 Å². The third-order valence-electron chi connectivity index (χ3n) is 2.67. The molecule has 1 unspecified atom stereocenters. The molecule has 0 saturated carbocycles. The Bertz CT molecular complexity index is 620. The summed E-state index contributed by atoms with van der Waals surface area (Å²) in [6, 6.07) is 5.62. The van der Waals surface area contributed by atoms with E-state index < -0.39 is 0 Å². The van der Waals surface area contributed by atoms with Crippen LogP contribution in [0.1, 0.15) is 39.5 Å². The lowest BCUT2D eigenvalue weighted by molar-refractivity contribution is 0.0944. The molecule has 1 amide bonds. The highest BCUT2D eigenvalue weighted by molar-refractivity contribution is 7.14.